The van der Waals surface area contributed by atoms with Gasteiger partial charge in [0.05, 0.1) is 11.6 Å². The van der Waals surface area contributed by atoms with Crippen molar-refractivity contribution in [2.24, 2.45) is 4.99 Å². The fraction of sp³-hybridized carbons (Fsp3) is 0.0833. The summed E-state index contributed by atoms with van der Waals surface area (Å²) < 4.78 is 31.3. The molecule has 0 spiro atoms. The van der Waals surface area contributed by atoms with Crippen LogP contribution in [0.25, 0.3) is 6.08 Å². The molecule has 0 atom stereocenters. The molecule has 3 aromatic carbocycles. The fourth-order valence-electron chi connectivity index (χ4n) is 2.98. The first-order valence-corrected chi connectivity index (χ1v) is 11.0. The third-order valence-electron chi connectivity index (χ3n) is 4.56. The Hall–Kier alpha value is -2.97. The van der Waals surface area contributed by atoms with Crippen molar-refractivity contribution in [3.8, 4) is 11.5 Å². The van der Waals surface area contributed by atoms with Crippen molar-refractivity contribution in [1.29, 1.82) is 0 Å². The number of cyclic esters (lactones) is 1. The lowest BCUT2D eigenvalue weighted by atomic mass is 10.1. The second-order valence-electron chi connectivity index (χ2n) is 6.79. The lowest BCUT2D eigenvalue weighted by Gasteiger charge is -2.13. The summed E-state index contributed by atoms with van der Waals surface area (Å²) in [5.41, 5.74) is 2.37. The van der Waals surface area contributed by atoms with Gasteiger partial charge in [-0.15, -0.1) is 0 Å². The Kier molecular flexibility index (Phi) is 6.72. The van der Waals surface area contributed by atoms with Crippen LogP contribution >= 0.6 is 31.9 Å². The predicted octanol–water partition coefficient (Wildman–Crippen LogP) is 6.28. The molecule has 0 saturated carbocycles. The Morgan fingerprint density at radius 3 is 2.47 bits per heavy atom. The van der Waals surface area contributed by atoms with E-state index in [2.05, 4.69) is 36.9 Å². The number of hydrogen-bond donors (Lipinski definition) is 0. The first-order chi connectivity index (χ1) is 15.4. The Bertz CT molecular complexity index is 1220. The summed E-state index contributed by atoms with van der Waals surface area (Å²) in [5.74, 6) is 0.374. The van der Waals surface area contributed by atoms with Gasteiger partial charge in [-0.25, -0.2) is 14.2 Å². The molecule has 0 bridgehead atoms. The van der Waals surface area contributed by atoms with Gasteiger partial charge in [-0.1, -0.05) is 28.1 Å². The van der Waals surface area contributed by atoms with E-state index < -0.39 is 5.97 Å². The first-order valence-electron chi connectivity index (χ1n) is 9.46. The number of carbonyl (C=O) groups excluding carboxylic acids is 1. The Morgan fingerprint density at radius 2 is 1.78 bits per heavy atom. The molecule has 32 heavy (non-hydrogen) atoms. The summed E-state index contributed by atoms with van der Waals surface area (Å²) in [6.07, 6.45) is 1.62. The van der Waals surface area contributed by atoms with Crippen molar-refractivity contribution in [2.75, 3.05) is 7.11 Å². The maximum Gasteiger partial charge on any atom is 0.363 e. The molecule has 5 nitrogen and oxygen atoms in total. The Labute approximate surface area is 200 Å². The van der Waals surface area contributed by atoms with Crippen LogP contribution in [-0.2, 0) is 16.1 Å². The molecule has 0 aliphatic carbocycles. The summed E-state index contributed by atoms with van der Waals surface area (Å²) >= 11 is 6.87. The van der Waals surface area contributed by atoms with Crippen LogP contribution in [0.5, 0.6) is 11.5 Å². The molecular formula is C24H16Br2FNO4. The predicted molar refractivity (Wildman–Crippen MR) is 126 cm³/mol. The molecule has 1 aliphatic heterocycles. The summed E-state index contributed by atoms with van der Waals surface area (Å²) in [4.78, 5) is 16.6. The van der Waals surface area contributed by atoms with E-state index >= 15 is 0 Å². The van der Waals surface area contributed by atoms with Gasteiger partial charge in [0, 0.05) is 10.0 Å². The van der Waals surface area contributed by atoms with Gasteiger partial charge in [-0.3, -0.25) is 0 Å². The highest BCUT2D eigenvalue weighted by Crippen LogP contribution is 2.38. The summed E-state index contributed by atoms with van der Waals surface area (Å²) in [6, 6.07) is 16.9. The van der Waals surface area contributed by atoms with Crippen LogP contribution in [0.4, 0.5) is 4.39 Å². The monoisotopic (exact) mass is 559 g/mol. The van der Waals surface area contributed by atoms with Crippen LogP contribution in [0.15, 0.2) is 80.3 Å². The van der Waals surface area contributed by atoms with Crippen LogP contribution in [0.3, 0.4) is 0 Å². The number of aliphatic imine (C=N–C) groups is 1. The minimum atomic E-state index is -0.533. The van der Waals surface area contributed by atoms with Gasteiger partial charge in [-0.2, -0.15) is 0 Å². The number of carbonyl (C=O) groups is 1. The number of halogens is 3. The van der Waals surface area contributed by atoms with Gasteiger partial charge in [0.25, 0.3) is 0 Å². The Morgan fingerprint density at radius 1 is 1.06 bits per heavy atom. The number of rotatable bonds is 6. The summed E-state index contributed by atoms with van der Waals surface area (Å²) in [5, 5.41) is 0. The van der Waals surface area contributed by atoms with Crippen LogP contribution in [-0.4, -0.2) is 19.0 Å². The molecule has 0 N–H and O–H groups in total. The van der Waals surface area contributed by atoms with Crippen LogP contribution in [0, 0.1) is 5.82 Å². The zero-order valence-corrected chi connectivity index (χ0v) is 19.9. The number of nitrogens with zero attached hydrogens (tertiary/aromatic N) is 1. The average molecular weight is 561 g/mol. The standard InChI is InChI=1S/C24H16Br2FNO4/c1-30-21-12-15(10-19(26)22(21)31-13-14-2-8-18(27)9-3-14)11-20-24(29)32-23(28-20)16-4-6-17(25)7-5-16/h2-12H,13H2,1H3/b20-11+. The molecule has 1 heterocycles. The number of hydrogen-bond acceptors (Lipinski definition) is 5. The van der Waals surface area contributed by atoms with Crippen LogP contribution < -0.4 is 9.47 Å². The highest BCUT2D eigenvalue weighted by Gasteiger charge is 2.24. The largest absolute Gasteiger partial charge is 0.493 e. The van der Waals surface area contributed by atoms with Gasteiger partial charge in [0.2, 0.25) is 5.90 Å². The zero-order chi connectivity index (χ0) is 22.7. The maximum atomic E-state index is 13.1. The van der Waals surface area contributed by atoms with Crippen molar-refractivity contribution in [2.45, 2.75) is 6.61 Å². The molecular weight excluding hydrogens is 545 g/mol. The van der Waals surface area contributed by atoms with Crippen molar-refractivity contribution in [3.05, 3.63) is 97.8 Å². The highest BCUT2D eigenvalue weighted by molar-refractivity contribution is 9.10. The van der Waals surface area contributed by atoms with Crippen molar-refractivity contribution in [3.63, 3.8) is 0 Å². The lowest BCUT2D eigenvalue weighted by molar-refractivity contribution is -0.129. The molecule has 0 aromatic heterocycles. The SMILES string of the molecule is COc1cc(/C=C2/N=C(c3ccc(Br)cc3)OC2=O)cc(Br)c1OCc1ccc(F)cc1. The molecule has 4 rings (SSSR count). The zero-order valence-electron chi connectivity index (χ0n) is 16.8. The highest BCUT2D eigenvalue weighted by atomic mass is 79.9. The molecule has 0 unspecified atom stereocenters. The second kappa shape index (κ2) is 9.67. The maximum absolute atomic E-state index is 13.1. The van der Waals surface area contributed by atoms with Gasteiger partial charge in [-0.05, 0) is 81.7 Å². The molecule has 0 saturated heterocycles. The van der Waals surface area contributed by atoms with Gasteiger partial charge >= 0.3 is 5.97 Å². The summed E-state index contributed by atoms with van der Waals surface area (Å²) in [7, 11) is 1.52. The number of ether oxygens (including phenoxy) is 3. The van der Waals surface area contributed by atoms with Gasteiger partial charge < -0.3 is 14.2 Å². The quantitative estimate of drug-likeness (QED) is 0.263. The third-order valence-corrected chi connectivity index (χ3v) is 5.68. The van der Waals surface area contributed by atoms with E-state index in [1.54, 1.807) is 30.3 Å². The van der Waals surface area contributed by atoms with Crippen molar-refractivity contribution in [1.82, 2.24) is 0 Å². The van der Waals surface area contributed by atoms with Gasteiger partial charge in [0.1, 0.15) is 12.4 Å². The molecule has 0 radical (unpaired) electrons. The molecule has 162 valence electrons. The van der Waals surface area contributed by atoms with E-state index in [4.69, 9.17) is 14.2 Å². The van der Waals surface area contributed by atoms with E-state index in [-0.39, 0.29) is 24.0 Å². The van der Waals surface area contributed by atoms with E-state index in [9.17, 15) is 9.18 Å². The molecule has 0 amide bonds. The molecule has 0 fully saturated rings. The van der Waals surface area contributed by atoms with E-state index in [0.717, 1.165) is 10.0 Å². The average Bonchev–Trinajstić information content (AvgIpc) is 3.14. The minimum absolute atomic E-state index is 0.178. The lowest BCUT2D eigenvalue weighted by Crippen LogP contribution is -2.05. The van der Waals surface area contributed by atoms with E-state index in [0.29, 0.717) is 27.1 Å². The van der Waals surface area contributed by atoms with Gasteiger partial charge in [0.15, 0.2) is 17.2 Å². The van der Waals surface area contributed by atoms with Crippen molar-refractivity contribution < 1.29 is 23.4 Å². The van der Waals surface area contributed by atoms with E-state index in [1.807, 2.05) is 24.3 Å². The van der Waals surface area contributed by atoms with E-state index in [1.165, 1.54) is 19.2 Å². The second-order valence-corrected chi connectivity index (χ2v) is 8.56. The normalized spacial score (nSPS) is 14.3. The molecule has 3 aromatic rings. The number of benzene rings is 3. The topological polar surface area (TPSA) is 57.1 Å². The molecule has 8 heteroatoms. The third kappa shape index (κ3) is 5.08. The van der Waals surface area contributed by atoms with Crippen molar-refractivity contribution >= 4 is 49.8 Å². The van der Waals surface area contributed by atoms with Crippen LogP contribution in [0.2, 0.25) is 0 Å². The first kappa shape index (κ1) is 22.2. The van der Waals surface area contributed by atoms with Crippen LogP contribution in [0.1, 0.15) is 16.7 Å². The number of methoxy groups -OCH3 is 1. The smallest absolute Gasteiger partial charge is 0.363 e. The Balaban J connectivity index is 1.58. The summed E-state index contributed by atoms with van der Waals surface area (Å²) in [6.45, 7) is 0.239. The minimum Gasteiger partial charge on any atom is -0.493 e. The number of esters is 1. The molecule has 1 aliphatic rings. The fourth-order valence-corrected chi connectivity index (χ4v) is 3.82.